The minimum Gasteiger partial charge on any atom is -0.351 e. The molecule has 0 amide bonds. The van der Waals surface area contributed by atoms with Crippen molar-refractivity contribution in [2.24, 2.45) is 0 Å². The average molecular weight is 295 g/mol. The number of aryl methyl sites for hydroxylation is 1. The van der Waals surface area contributed by atoms with Crippen LogP contribution >= 0.6 is 0 Å². The molecular formula is C14H21N3O2S. The molecule has 1 saturated heterocycles. The first-order valence-corrected chi connectivity index (χ1v) is 8.93. The third-order valence-electron chi connectivity index (χ3n) is 4.17. The Morgan fingerprint density at radius 3 is 2.70 bits per heavy atom. The fraction of sp³-hybridized carbons (Fsp3) is 0.714. The summed E-state index contributed by atoms with van der Waals surface area (Å²) in [6, 6.07) is 0.0931. The highest BCUT2D eigenvalue weighted by Crippen LogP contribution is 2.37. The number of piperidine rings is 1. The summed E-state index contributed by atoms with van der Waals surface area (Å²) in [6.07, 6.45) is 3.15. The molecule has 2 aliphatic rings. The number of anilines is 1. The van der Waals surface area contributed by atoms with Crippen LogP contribution in [0.5, 0.6) is 0 Å². The van der Waals surface area contributed by atoms with Crippen molar-refractivity contribution in [1.82, 2.24) is 9.97 Å². The topological polar surface area (TPSA) is 63.2 Å². The summed E-state index contributed by atoms with van der Waals surface area (Å²) in [5.41, 5.74) is 0.600. The Balaban J connectivity index is 2.22. The summed E-state index contributed by atoms with van der Waals surface area (Å²) in [7, 11) is -3.25. The molecule has 1 fully saturated rings. The van der Waals surface area contributed by atoms with Gasteiger partial charge < -0.3 is 4.90 Å². The zero-order valence-electron chi connectivity index (χ0n) is 12.3. The van der Waals surface area contributed by atoms with E-state index in [-0.39, 0.29) is 17.7 Å². The largest absolute Gasteiger partial charge is 0.351 e. The van der Waals surface area contributed by atoms with Crippen LogP contribution in [0.3, 0.4) is 0 Å². The Kier molecular flexibility index (Phi) is 3.23. The summed E-state index contributed by atoms with van der Waals surface area (Å²) in [5.74, 6) is 1.80. The molecule has 0 aliphatic carbocycles. The van der Waals surface area contributed by atoms with E-state index >= 15 is 0 Å². The van der Waals surface area contributed by atoms with Crippen LogP contribution in [-0.2, 0) is 9.84 Å². The van der Waals surface area contributed by atoms with Gasteiger partial charge >= 0.3 is 0 Å². The van der Waals surface area contributed by atoms with Gasteiger partial charge in [0, 0.05) is 18.5 Å². The van der Waals surface area contributed by atoms with Crippen LogP contribution in [-0.4, -0.2) is 36.7 Å². The molecule has 3 heterocycles. The van der Waals surface area contributed by atoms with E-state index in [4.69, 9.17) is 0 Å². The second kappa shape index (κ2) is 4.69. The van der Waals surface area contributed by atoms with E-state index in [0.29, 0.717) is 16.4 Å². The molecule has 3 rings (SSSR count). The van der Waals surface area contributed by atoms with E-state index < -0.39 is 9.84 Å². The van der Waals surface area contributed by atoms with Crippen molar-refractivity contribution in [3.05, 3.63) is 11.5 Å². The molecule has 0 spiro atoms. The minimum atomic E-state index is -3.25. The lowest BCUT2D eigenvalue weighted by Gasteiger charge is -2.41. The summed E-state index contributed by atoms with van der Waals surface area (Å²) < 4.78 is 25.0. The minimum absolute atomic E-state index is 0.0931. The van der Waals surface area contributed by atoms with Crippen molar-refractivity contribution in [2.75, 3.05) is 17.2 Å². The fourth-order valence-corrected chi connectivity index (χ4v) is 5.13. The van der Waals surface area contributed by atoms with Gasteiger partial charge in [0.15, 0.2) is 15.7 Å². The van der Waals surface area contributed by atoms with Crippen LogP contribution in [0.25, 0.3) is 0 Å². The molecular weight excluding hydrogens is 274 g/mol. The quantitative estimate of drug-likeness (QED) is 0.793. The van der Waals surface area contributed by atoms with Gasteiger partial charge in [-0.25, -0.2) is 18.4 Å². The highest BCUT2D eigenvalue weighted by molar-refractivity contribution is 7.91. The predicted octanol–water partition coefficient (Wildman–Crippen LogP) is 2.05. The molecule has 0 bridgehead atoms. The zero-order chi connectivity index (χ0) is 14.5. The van der Waals surface area contributed by atoms with Gasteiger partial charge in [0.05, 0.1) is 11.4 Å². The number of hydrogen-bond acceptors (Lipinski definition) is 5. The molecule has 1 unspecified atom stereocenters. The third kappa shape index (κ3) is 2.10. The van der Waals surface area contributed by atoms with E-state index in [1.54, 1.807) is 6.92 Å². The van der Waals surface area contributed by atoms with Gasteiger partial charge in [-0.15, -0.1) is 0 Å². The van der Waals surface area contributed by atoms with Gasteiger partial charge in [-0.05, 0) is 26.2 Å². The van der Waals surface area contributed by atoms with Crippen molar-refractivity contribution in [2.45, 2.75) is 56.9 Å². The molecule has 110 valence electrons. The second-order valence-corrected chi connectivity index (χ2v) is 8.07. The second-order valence-electron chi connectivity index (χ2n) is 6.10. The molecule has 0 N–H and O–H groups in total. The smallest absolute Gasteiger partial charge is 0.185 e. The van der Waals surface area contributed by atoms with E-state index in [1.807, 2.05) is 13.8 Å². The predicted molar refractivity (Wildman–Crippen MR) is 77.9 cm³/mol. The Morgan fingerprint density at radius 1 is 1.25 bits per heavy atom. The molecule has 0 saturated carbocycles. The zero-order valence-corrected chi connectivity index (χ0v) is 13.1. The summed E-state index contributed by atoms with van der Waals surface area (Å²) in [5, 5.41) is 0. The van der Waals surface area contributed by atoms with Crippen LogP contribution in [0.1, 0.15) is 50.5 Å². The Labute approximate surface area is 120 Å². The molecule has 6 heteroatoms. The van der Waals surface area contributed by atoms with Crippen LogP contribution in [0.2, 0.25) is 0 Å². The summed E-state index contributed by atoms with van der Waals surface area (Å²) in [6.45, 7) is 6.76. The molecule has 0 radical (unpaired) electrons. The molecule has 5 nitrogen and oxygen atoms in total. The van der Waals surface area contributed by atoms with Gasteiger partial charge in [0.1, 0.15) is 10.7 Å². The number of nitrogens with zero attached hydrogens (tertiary/aromatic N) is 3. The monoisotopic (exact) mass is 295 g/mol. The van der Waals surface area contributed by atoms with Crippen molar-refractivity contribution < 1.29 is 8.42 Å². The van der Waals surface area contributed by atoms with Gasteiger partial charge in [-0.1, -0.05) is 13.8 Å². The van der Waals surface area contributed by atoms with E-state index in [1.165, 1.54) is 0 Å². The summed E-state index contributed by atoms with van der Waals surface area (Å²) >= 11 is 0. The first-order chi connectivity index (χ1) is 9.40. The van der Waals surface area contributed by atoms with Crippen LogP contribution in [0.15, 0.2) is 4.90 Å². The van der Waals surface area contributed by atoms with Gasteiger partial charge in [-0.3, -0.25) is 0 Å². The van der Waals surface area contributed by atoms with Crippen LogP contribution in [0.4, 0.5) is 5.82 Å². The van der Waals surface area contributed by atoms with E-state index in [0.717, 1.165) is 31.6 Å². The van der Waals surface area contributed by atoms with E-state index in [9.17, 15) is 8.42 Å². The maximum atomic E-state index is 12.5. The molecule has 2 aliphatic heterocycles. The highest BCUT2D eigenvalue weighted by Gasteiger charge is 2.39. The lowest BCUT2D eigenvalue weighted by Crippen LogP contribution is -2.48. The van der Waals surface area contributed by atoms with E-state index in [2.05, 4.69) is 14.9 Å². The molecule has 1 aromatic rings. The normalized spacial score (nSPS) is 24.4. The Bertz CT molecular complexity index is 640. The maximum Gasteiger partial charge on any atom is 0.185 e. The van der Waals surface area contributed by atoms with Crippen molar-refractivity contribution in [1.29, 1.82) is 0 Å². The standard InChI is InChI=1S/C14H21N3O2S/c1-9(2)13-15-10(3)12-14(16-13)17-7-5-4-6-11(17)8-20(12,18)19/h9,11H,4-8H2,1-3H3. The lowest BCUT2D eigenvalue weighted by molar-refractivity contribution is 0.462. The number of aromatic nitrogens is 2. The fourth-order valence-electron chi connectivity index (χ4n) is 3.17. The first-order valence-electron chi connectivity index (χ1n) is 7.28. The summed E-state index contributed by atoms with van der Waals surface area (Å²) in [4.78, 5) is 11.5. The Hall–Kier alpha value is -1.17. The first kappa shape index (κ1) is 13.8. The molecule has 1 atom stereocenters. The lowest BCUT2D eigenvalue weighted by atomic mass is 10.0. The average Bonchev–Trinajstić information content (AvgIpc) is 2.37. The van der Waals surface area contributed by atoms with Crippen LogP contribution in [0, 0.1) is 6.92 Å². The number of sulfone groups is 1. The molecule has 0 aromatic carbocycles. The van der Waals surface area contributed by atoms with Gasteiger partial charge in [0.2, 0.25) is 0 Å². The van der Waals surface area contributed by atoms with Gasteiger partial charge in [0.25, 0.3) is 0 Å². The number of fused-ring (bicyclic) bond motifs is 3. The number of rotatable bonds is 1. The van der Waals surface area contributed by atoms with Crippen LogP contribution < -0.4 is 4.90 Å². The maximum absolute atomic E-state index is 12.5. The molecule has 20 heavy (non-hydrogen) atoms. The number of hydrogen-bond donors (Lipinski definition) is 0. The Morgan fingerprint density at radius 2 is 2.00 bits per heavy atom. The highest BCUT2D eigenvalue weighted by atomic mass is 32.2. The van der Waals surface area contributed by atoms with Crippen molar-refractivity contribution in [3.8, 4) is 0 Å². The SMILES string of the molecule is Cc1nc(C(C)C)nc2c1S(=O)(=O)CC1CCCCN21. The third-order valence-corrected chi connectivity index (χ3v) is 6.10. The molecule has 1 aromatic heterocycles. The van der Waals surface area contributed by atoms with Gasteiger partial charge in [-0.2, -0.15) is 0 Å². The van der Waals surface area contributed by atoms with Crippen molar-refractivity contribution >= 4 is 15.7 Å². The van der Waals surface area contributed by atoms with Crippen molar-refractivity contribution in [3.63, 3.8) is 0 Å².